The molecule has 1 fully saturated rings. The van der Waals surface area contributed by atoms with Crippen molar-refractivity contribution in [3.8, 4) is 0 Å². The molecule has 0 aromatic heterocycles. The van der Waals surface area contributed by atoms with E-state index in [-0.39, 0.29) is 12.5 Å². The van der Waals surface area contributed by atoms with Gasteiger partial charge in [0.2, 0.25) is 5.91 Å². The molecular formula is C11H22N2O3. The minimum Gasteiger partial charge on any atom is -0.389 e. The van der Waals surface area contributed by atoms with Gasteiger partial charge < -0.3 is 20.1 Å². The highest BCUT2D eigenvalue weighted by atomic mass is 16.5. The molecule has 0 heterocycles. The number of methoxy groups -OCH3 is 1. The Hall–Kier alpha value is -0.650. The maximum Gasteiger partial charge on any atom is 0.236 e. The van der Waals surface area contributed by atoms with Crippen LogP contribution >= 0.6 is 0 Å². The Labute approximate surface area is 96.8 Å². The van der Waals surface area contributed by atoms with E-state index in [1.807, 2.05) is 0 Å². The van der Waals surface area contributed by atoms with Gasteiger partial charge >= 0.3 is 0 Å². The Morgan fingerprint density at radius 2 is 2.31 bits per heavy atom. The number of amides is 1. The molecule has 0 aromatic carbocycles. The third-order valence-electron chi connectivity index (χ3n) is 2.68. The highest BCUT2D eigenvalue weighted by molar-refractivity contribution is 5.77. The number of carbonyl (C=O) groups excluding carboxylic acids is 1. The predicted molar refractivity (Wildman–Crippen MR) is 61.1 cm³/mol. The molecule has 0 spiro atoms. The smallest absolute Gasteiger partial charge is 0.236 e. The maximum absolute atomic E-state index is 11.6. The van der Waals surface area contributed by atoms with E-state index in [0.717, 1.165) is 12.5 Å². The first-order valence-corrected chi connectivity index (χ1v) is 5.75. The second-order valence-electron chi connectivity index (χ2n) is 4.46. The van der Waals surface area contributed by atoms with Crippen molar-refractivity contribution >= 4 is 5.91 Å². The monoisotopic (exact) mass is 230 g/mol. The van der Waals surface area contributed by atoms with Crippen molar-refractivity contribution in [2.75, 3.05) is 40.4 Å². The lowest BCUT2D eigenvalue weighted by molar-refractivity contribution is -0.130. The zero-order valence-electron chi connectivity index (χ0n) is 10.1. The van der Waals surface area contributed by atoms with Gasteiger partial charge in [-0.05, 0) is 25.3 Å². The van der Waals surface area contributed by atoms with E-state index in [2.05, 4.69) is 5.32 Å². The Bertz CT molecular complexity index is 219. The van der Waals surface area contributed by atoms with E-state index in [4.69, 9.17) is 4.74 Å². The second-order valence-corrected chi connectivity index (χ2v) is 4.46. The zero-order valence-corrected chi connectivity index (χ0v) is 10.1. The lowest BCUT2D eigenvalue weighted by Crippen LogP contribution is -2.41. The van der Waals surface area contributed by atoms with E-state index in [1.165, 1.54) is 24.9 Å². The first kappa shape index (κ1) is 13.4. The Morgan fingerprint density at radius 3 is 2.88 bits per heavy atom. The maximum atomic E-state index is 11.6. The van der Waals surface area contributed by atoms with Crippen LogP contribution in [-0.2, 0) is 9.53 Å². The van der Waals surface area contributed by atoms with E-state index in [0.29, 0.717) is 13.1 Å². The fourth-order valence-electron chi connectivity index (χ4n) is 1.50. The van der Waals surface area contributed by atoms with Gasteiger partial charge in [0.15, 0.2) is 0 Å². The largest absolute Gasteiger partial charge is 0.389 e. The summed E-state index contributed by atoms with van der Waals surface area (Å²) in [4.78, 5) is 13.1. The average Bonchev–Trinajstić information content (AvgIpc) is 3.01. The summed E-state index contributed by atoms with van der Waals surface area (Å²) in [6.07, 6.45) is 1.95. The van der Waals surface area contributed by atoms with Crippen LogP contribution in [0.25, 0.3) is 0 Å². The van der Waals surface area contributed by atoms with Crippen LogP contribution in [0.4, 0.5) is 0 Å². The topological polar surface area (TPSA) is 61.8 Å². The molecule has 1 amide bonds. The fourth-order valence-corrected chi connectivity index (χ4v) is 1.50. The molecule has 5 nitrogen and oxygen atoms in total. The molecule has 16 heavy (non-hydrogen) atoms. The van der Waals surface area contributed by atoms with Crippen LogP contribution in [0.5, 0.6) is 0 Å². The third-order valence-corrected chi connectivity index (χ3v) is 2.68. The molecule has 0 radical (unpaired) electrons. The molecule has 1 rings (SSSR count). The number of hydrogen-bond acceptors (Lipinski definition) is 4. The van der Waals surface area contributed by atoms with Gasteiger partial charge in [-0.2, -0.15) is 0 Å². The summed E-state index contributed by atoms with van der Waals surface area (Å²) in [7, 11) is 3.22. The number of likely N-dealkylation sites (N-methyl/N-ethyl adjacent to an activating group) is 1. The molecule has 0 aliphatic heterocycles. The second kappa shape index (κ2) is 6.83. The quantitative estimate of drug-likeness (QED) is 0.587. The van der Waals surface area contributed by atoms with Gasteiger partial charge in [-0.3, -0.25) is 4.79 Å². The number of aliphatic hydroxyl groups excluding tert-OH is 1. The summed E-state index contributed by atoms with van der Waals surface area (Å²) < 4.78 is 4.80. The number of hydrogen-bond donors (Lipinski definition) is 2. The number of rotatable bonds is 8. The molecule has 1 saturated carbocycles. The van der Waals surface area contributed by atoms with Gasteiger partial charge in [-0.1, -0.05) is 0 Å². The van der Waals surface area contributed by atoms with Crippen LogP contribution < -0.4 is 5.32 Å². The van der Waals surface area contributed by atoms with Crippen molar-refractivity contribution in [1.82, 2.24) is 10.2 Å². The number of carbonyl (C=O) groups is 1. The number of nitrogens with zero attached hydrogens (tertiary/aromatic N) is 1. The van der Waals surface area contributed by atoms with Crippen molar-refractivity contribution in [2.45, 2.75) is 18.9 Å². The van der Waals surface area contributed by atoms with Gasteiger partial charge in [0.1, 0.15) is 0 Å². The SMILES string of the molecule is COCC(O)CN(C)C(=O)CNCC1CC1. The average molecular weight is 230 g/mol. The molecule has 0 aromatic rings. The highest BCUT2D eigenvalue weighted by Crippen LogP contribution is 2.27. The van der Waals surface area contributed by atoms with E-state index in [1.54, 1.807) is 7.05 Å². The Balaban J connectivity index is 2.08. The molecule has 1 unspecified atom stereocenters. The van der Waals surface area contributed by atoms with Crippen LogP contribution in [0, 0.1) is 5.92 Å². The van der Waals surface area contributed by atoms with Crippen LogP contribution in [0.15, 0.2) is 0 Å². The normalized spacial score (nSPS) is 17.2. The van der Waals surface area contributed by atoms with Crippen LogP contribution in [0.3, 0.4) is 0 Å². The predicted octanol–water partition coefficient (Wildman–Crippen LogP) is -0.548. The summed E-state index contributed by atoms with van der Waals surface area (Å²) in [5.74, 6) is 0.785. The molecule has 0 bridgehead atoms. The van der Waals surface area contributed by atoms with Crippen molar-refractivity contribution in [3.63, 3.8) is 0 Å². The van der Waals surface area contributed by atoms with E-state index in [9.17, 15) is 9.90 Å². The molecule has 5 heteroatoms. The lowest BCUT2D eigenvalue weighted by Gasteiger charge is -2.20. The summed E-state index contributed by atoms with van der Waals surface area (Å²) >= 11 is 0. The summed E-state index contributed by atoms with van der Waals surface area (Å²) in [6.45, 7) is 1.86. The van der Waals surface area contributed by atoms with Gasteiger partial charge in [-0.15, -0.1) is 0 Å². The number of nitrogens with one attached hydrogen (secondary N) is 1. The van der Waals surface area contributed by atoms with Gasteiger partial charge in [0.05, 0.1) is 19.3 Å². The molecule has 2 N–H and O–H groups in total. The third kappa shape index (κ3) is 5.44. The van der Waals surface area contributed by atoms with Crippen LogP contribution in [-0.4, -0.2) is 62.4 Å². The lowest BCUT2D eigenvalue weighted by atomic mass is 10.3. The summed E-state index contributed by atoms with van der Waals surface area (Å²) in [5, 5.41) is 12.6. The van der Waals surface area contributed by atoms with Gasteiger partial charge in [0, 0.05) is 20.7 Å². The van der Waals surface area contributed by atoms with Crippen LogP contribution in [0.2, 0.25) is 0 Å². The zero-order chi connectivity index (χ0) is 12.0. The number of aliphatic hydroxyl groups is 1. The van der Waals surface area contributed by atoms with Crippen molar-refractivity contribution < 1.29 is 14.6 Å². The van der Waals surface area contributed by atoms with Gasteiger partial charge in [-0.25, -0.2) is 0 Å². The Kier molecular flexibility index (Phi) is 5.73. The van der Waals surface area contributed by atoms with E-state index >= 15 is 0 Å². The van der Waals surface area contributed by atoms with Crippen molar-refractivity contribution in [1.29, 1.82) is 0 Å². The molecule has 1 aliphatic carbocycles. The summed E-state index contributed by atoms with van der Waals surface area (Å²) in [6, 6.07) is 0. The molecule has 1 aliphatic rings. The first-order chi connectivity index (χ1) is 7.63. The molecule has 1 atom stereocenters. The minimum absolute atomic E-state index is 0.0100. The number of ether oxygens (including phenoxy) is 1. The van der Waals surface area contributed by atoms with Crippen molar-refractivity contribution in [2.24, 2.45) is 5.92 Å². The standard InChI is InChI=1S/C11H22N2O3/c1-13(7-10(14)8-16-2)11(15)6-12-5-9-3-4-9/h9-10,12,14H,3-8H2,1-2H3. The molecular weight excluding hydrogens is 208 g/mol. The van der Waals surface area contributed by atoms with E-state index < -0.39 is 6.10 Å². The fraction of sp³-hybridized carbons (Fsp3) is 0.909. The first-order valence-electron chi connectivity index (χ1n) is 5.75. The van der Waals surface area contributed by atoms with Crippen LogP contribution in [0.1, 0.15) is 12.8 Å². The Morgan fingerprint density at radius 1 is 1.62 bits per heavy atom. The minimum atomic E-state index is -0.609. The van der Waals surface area contributed by atoms with Gasteiger partial charge in [0.25, 0.3) is 0 Å². The molecule has 94 valence electrons. The van der Waals surface area contributed by atoms with Crippen molar-refractivity contribution in [3.05, 3.63) is 0 Å². The molecule has 0 saturated heterocycles. The highest BCUT2D eigenvalue weighted by Gasteiger charge is 2.21. The summed E-state index contributed by atoms with van der Waals surface area (Å²) in [5.41, 5.74) is 0.